The van der Waals surface area contributed by atoms with Gasteiger partial charge in [-0.1, -0.05) is 25.0 Å². The highest BCUT2D eigenvalue weighted by atomic mass is 32.1. The van der Waals surface area contributed by atoms with E-state index in [4.69, 9.17) is 4.74 Å². The Bertz CT molecular complexity index is 791. The zero-order valence-corrected chi connectivity index (χ0v) is 17.3. The van der Waals surface area contributed by atoms with Gasteiger partial charge in [0.15, 0.2) is 0 Å². The van der Waals surface area contributed by atoms with Gasteiger partial charge in [0.25, 0.3) is 0 Å². The number of amides is 1. The average Bonchev–Trinajstić information content (AvgIpc) is 3.19. The lowest BCUT2D eigenvalue weighted by molar-refractivity contribution is -0.151. The van der Waals surface area contributed by atoms with Crippen molar-refractivity contribution < 1.29 is 9.53 Å². The number of rotatable bonds is 5. The third-order valence-corrected chi connectivity index (χ3v) is 6.88. The molecule has 5 nitrogen and oxygen atoms in total. The van der Waals surface area contributed by atoms with Crippen LogP contribution in [0.25, 0.3) is 0 Å². The quantitative estimate of drug-likeness (QED) is 0.838. The monoisotopic (exact) mass is 399 g/mol. The van der Waals surface area contributed by atoms with Crippen molar-refractivity contribution in [3.8, 4) is 0 Å². The van der Waals surface area contributed by atoms with Gasteiger partial charge in [0.1, 0.15) is 5.60 Å². The van der Waals surface area contributed by atoms with Crippen LogP contribution in [0.1, 0.15) is 41.8 Å². The number of aryl methyl sites for hydroxylation is 1. The van der Waals surface area contributed by atoms with Crippen molar-refractivity contribution in [2.24, 2.45) is 0 Å². The number of carbonyl (C=O) groups is 1. The van der Waals surface area contributed by atoms with E-state index in [2.05, 4.69) is 28.2 Å². The molecule has 4 rings (SSSR count). The maximum absolute atomic E-state index is 12.6. The second-order valence-electron chi connectivity index (χ2n) is 8.01. The summed E-state index contributed by atoms with van der Waals surface area (Å²) in [5, 5.41) is 5.33. The molecule has 1 aliphatic carbocycles. The molecule has 0 radical (unpaired) electrons. The van der Waals surface area contributed by atoms with Crippen LogP contribution in [0.15, 0.2) is 35.8 Å². The SMILES string of the molecule is Cc1cccnc1CN1CCOC2(CCCCC2NC(=O)Cc2cccs2)C1. The Morgan fingerprint density at radius 3 is 3.14 bits per heavy atom. The number of ether oxygens (including phenoxy) is 1. The molecule has 3 heterocycles. The van der Waals surface area contributed by atoms with Crippen LogP contribution in [0.2, 0.25) is 0 Å². The molecule has 150 valence electrons. The van der Waals surface area contributed by atoms with E-state index in [-0.39, 0.29) is 17.6 Å². The number of nitrogens with zero attached hydrogens (tertiary/aromatic N) is 2. The Balaban J connectivity index is 1.44. The zero-order valence-electron chi connectivity index (χ0n) is 16.5. The van der Waals surface area contributed by atoms with Gasteiger partial charge in [0, 0.05) is 30.7 Å². The maximum atomic E-state index is 12.6. The van der Waals surface area contributed by atoms with Gasteiger partial charge in [0.05, 0.1) is 24.8 Å². The van der Waals surface area contributed by atoms with E-state index in [1.54, 1.807) is 11.3 Å². The number of hydrogen-bond acceptors (Lipinski definition) is 5. The first-order valence-corrected chi connectivity index (χ1v) is 11.1. The second kappa shape index (κ2) is 8.72. The lowest BCUT2D eigenvalue weighted by atomic mass is 9.78. The summed E-state index contributed by atoms with van der Waals surface area (Å²) in [4.78, 5) is 20.8. The predicted molar refractivity (Wildman–Crippen MR) is 111 cm³/mol. The van der Waals surface area contributed by atoms with Crippen molar-refractivity contribution in [3.05, 3.63) is 52.0 Å². The summed E-state index contributed by atoms with van der Waals surface area (Å²) in [7, 11) is 0. The first-order valence-electron chi connectivity index (χ1n) is 10.2. The van der Waals surface area contributed by atoms with E-state index in [0.29, 0.717) is 13.0 Å². The van der Waals surface area contributed by atoms with Crippen molar-refractivity contribution in [3.63, 3.8) is 0 Å². The number of thiophene rings is 1. The van der Waals surface area contributed by atoms with Crippen LogP contribution in [0.3, 0.4) is 0 Å². The zero-order chi connectivity index (χ0) is 19.4. The Morgan fingerprint density at radius 2 is 2.32 bits per heavy atom. The van der Waals surface area contributed by atoms with Crippen LogP contribution < -0.4 is 5.32 Å². The highest BCUT2D eigenvalue weighted by Crippen LogP contribution is 2.35. The van der Waals surface area contributed by atoms with Gasteiger partial charge in [-0.15, -0.1) is 11.3 Å². The highest BCUT2D eigenvalue weighted by Gasteiger charge is 2.45. The number of hydrogen-bond donors (Lipinski definition) is 1. The average molecular weight is 400 g/mol. The molecule has 2 aromatic heterocycles. The molecular formula is C22H29N3O2S. The molecule has 1 aliphatic heterocycles. The van der Waals surface area contributed by atoms with Gasteiger partial charge in [-0.2, -0.15) is 0 Å². The summed E-state index contributed by atoms with van der Waals surface area (Å²) in [5.41, 5.74) is 2.09. The summed E-state index contributed by atoms with van der Waals surface area (Å²) < 4.78 is 6.38. The van der Waals surface area contributed by atoms with E-state index in [0.717, 1.165) is 55.9 Å². The van der Waals surface area contributed by atoms with Crippen LogP contribution in [-0.4, -0.2) is 47.1 Å². The lowest BCUT2D eigenvalue weighted by Crippen LogP contribution is -2.64. The fourth-order valence-electron chi connectivity index (χ4n) is 4.50. The highest BCUT2D eigenvalue weighted by molar-refractivity contribution is 7.10. The smallest absolute Gasteiger partial charge is 0.225 e. The minimum atomic E-state index is -0.274. The number of aromatic nitrogens is 1. The first-order chi connectivity index (χ1) is 13.6. The Morgan fingerprint density at radius 1 is 1.39 bits per heavy atom. The Kier molecular flexibility index (Phi) is 6.09. The number of nitrogens with one attached hydrogen (secondary N) is 1. The van der Waals surface area contributed by atoms with Gasteiger partial charge in [-0.05, 0) is 42.8 Å². The van der Waals surface area contributed by atoms with Crippen LogP contribution in [0.4, 0.5) is 0 Å². The maximum Gasteiger partial charge on any atom is 0.225 e. The van der Waals surface area contributed by atoms with Crippen molar-refractivity contribution in [1.82, 2.24) is 15.2 Å². The van der Waals surface area contributed by atoms with E-state index in [1.807, 2.05) is 29.8 Å². The molecule has 2 fully saturated rings. The normalized spacial score (nSPS) is 25.7. The standard InChI is InChI=1S/C22H29N3O2S/c1-17-6-4-10-23-19(17)15-25-11-12-27-22(16-25)9-3-2-8-20(22)24-21(26)14-18-7-5-13-28-18/h4-7,10,13,20H,2-3,8-9,11-12,14-16H2,1H3,(H,24,26). The molecular weight excluding hydrogens is 370 g/mol. The van der Waals surface area contributed by atoms with Crippen LogP contribution in [0.5, 0.6) is 0 Å². The van der Waals surface area contributed by atoms with E-state index in [9.17, 15) is 4.79 Å². The summed E-state index contributed by atoms with van der Waals surface area (Å²) in [6.45, 7) is 5.43. The molecule has 2 aromatic rings. The topological polar surface area (TPSA) is 54.5 Å². The van der Waals surface area contributed by atoms with Gasteiger partial charge >= 0.3 is 0 Å². The predicted octanol–water partition coefficient (Wildman–Crippen LogP) is 3.32. The molecule has 1 amide bonds. The number of pyridine rings is 1. The van der Waals surface area contributed by atoms with E-state index >= 15 is 0 Å². The van der Waals surface area contributed by atoms with E-state index < -0.39 is 0 Å². The third-order valence-electron chi connectivity index (χ3n) is 6.01. The lowest BCUT2D eigenvalue weighted by Gasteiger charge is -2.49. The summed E-state index contributed by atoms with van der Waals surface area (Å²) in [6, 6.07) is 8.21. The largest absolute Gasteiger partial charge is 0.370 e. The van der Waals surface area contributed by atoms with E-state index in [1.165, 1.54) is 5.56 Å². The van der Waals surface area contributed by atoms with Crippen LogP contribution in [-0.2, 0) is 22.5 Å². The first kappa shape index (κ1) is 19.6. The van der Waals surface area contributed by atoms with Crippen LogP contribution in [0, 0.1) is 6.92 Å². The van der Waals surface area contributed by atoms with Gasteiger partial charge in [0.2, 0.25) is 5.91 Å². The summed E-state index contributed by atoms with van der Waals surface area (Å²) >= 11 is 1.64. The summed E-state index contributed by atoms with van der Waals surface area (Å²) in [6.07, 6.45) is 6.64. The van der Waals surface area contributed by atoms with Gasteiger partial charge in [-0.25, -0.2) is 0 Å². The second-order valence-corrected chi connectivity index (χ2v) is 9.05. The molecule has 1 spiro atoms. The Labute approximate surface area is 171 Å². The molecule has 1 saturated carbocycles. The fraction of sp³-hybridized carbons (Fsp3) is 0.545. The van der Waals surface area contributed by atoms with Crippen molar-refractivity contribution >= 4 is 17.2 Å². The number of morpholine rings is 1. The van der Waals surface area contributed by atoms with Gasteiger partial charge < -0.3 is 10.1 Å². The minimum Gasteiger partial charge on any atom is -0.370 e. The fourth-order valence-corrected chi connectivity index (χ4v) is 5.21. The molecule has 1 saturated heterocycles. The van der Waals surface area contributed by atoms with Crippen molar-refractivity contribution in [2.75, 3.05) is 19.7 Å². The molecule has 1 N–H and O–H groups in total. The molecule has 28 heavy (non-hydrogen) atoms. The number of carbonyl (C=O) groups excluding carboxylic acids is 1. The molecule has 2 aliphatic rings. The molecule has 0 bridgehead atoms. The Hall–Kier alpha value is -1.76. The molecule has 0 aromatic carbocycles. The van der Waals surface area contributed by atoms with Crippen molar-refractivity contribution in [2.45, 2.75) is 57.2 Å². The molecule has 2 unspecified atom stereocenters. The third kappa shape index (κ3) is 4.45. The van der Waals surface area contributed by atoms with Crippen LogP contribution >= 0.6 is 11.3 Å². The van der Waals surface area contributed by atoms with Gasteiger partial charge in [-0.3, -0.25) is 14.7 Å². The minimum absolute atomic E-state index is 0.0846. The van der Waals surface area contributed by atoms with Crippen molar-refractivity contribution in [1.29, 1.82) is 0 Å². The summed E-state index contributed by atoms with van der Waals surface area (Å²) in [5.74, 6) is 0.106. The molecule has 2 atom stereocenters. The molecule has 6 heteroatoms.